The molecule has 0 spiro atoms. The molecular weight excluding hydrogens is 331 g/mol. The Morgan fingerprint density at radius 3 is 2.38 bits per heavy atom. The van der Waals surface area contributed by atoms with E-state index in [9.17, 15) is 4.39 Å². The van der Waals surface area contributed by atoms with Crippen molar-refractivity contribution in [3.8, 4) is 5.75 Å². The first-order chi connectivity index (χ1) is 12.6. The van der Waals surface area contributed by atoms with E-state index >= 15 is 0 Å². The molecule has 0 bridgehead atoms. The molecule has 140 valence electrons. The van der Waals surface area contributed by atoms with Crippen molar-refractivity contribution in [2.75, 3.05) is 34.3 Å². The van der Waals surface area contributed by atoms with Crippen molar-refractivity contribution in [2.45, 2.75) is 13.1 Å². The lowest BCUT2D eigenvalue weighted by Crippen LogP contribution is -2.36. The van der Waals surface area contributed by atoms with Crippen LogP contribution in [0.15, 0.2) is 53.5 Å². The molecule has 6 heteroatoms. The van der Waals surface area contributed by atoms with Crippen LogP contribution in [0, 0.1) is 5.82 Å². The van der Waals surface area contributed by atoms with E-state index in [1.807, 2.05) is 38.4 Å². The first kappa shape index (κ1) is 19.7. The van der Waals surface area contributed by atoms with Crippen LogP contribution < -0.4 is 15.4 Å². The molecule has 26 heavy (non-hydrogen) atoms. The van der Waals surface area contributed by atoms with Crippen molar-refractivity contribution in [1.82, 2.24) is 15.5 Å². The Kier molecular flexibility index (Phi) is 7.89. The largest absolute Gasteiger partial charge is 0.492 e. The minimum Gasteiger partial charge on any atom is -0.492 e. The van der Waals surface area contributed by atoms with Gasteiger partial charge in [0.1, 0.15) is 18.2 Å². The Balaban J connectivity index is 1.81. The van der Waals surface area contributed by atoms with Gasteiger partial charge < -0.3 is 20.3 Å². The molecular formula is C20H27FN4O. The molecule has 0 unspecified atom stereocenters. The van der Waals surface area contributed by atoms with E-state index in [4.69, 9.17) is 4.74 Å². The molecule has 0 atom stereocenters. The zero-order valence-electron chi connectivity index (χ0n) is 15.6. The van der Waals surface area contributed by atoms with E-state index in [0.29, 0.717) is 25.7 Å². The smallest absolute Gasteiger partial charge is 0.191 e. The van der Waals surface area contributed by atoms with Crippen LogP contribution in [-0.4, -0.2) is 45.2 Å². The molecule has 0 radical (unpaired) electrons. The summed E-state index contributed by atoms with van der Waals surface area (Å²) in [4.78, 5) is 6.30. The number of benzene rings is 2. The standard InChI is InChI=1S/C20H27FN4O/c1-22-20(23-14-16-7-9-18(21)10-8-16)24-15-17-5-4-6-19(13-17)26-12-11-25(2)3/h4-10,13H,11-12,14-15H2,1-3H3,(H2,22,23,24). The minimum absolute atomic E-state index is 0.232. The van der Waals surface area contributed by atoms with Crippen molar-refractivity contribution >= 4 is 5.96 Å². The average Bonchev–Trinajstić information content (AvgIpc) is 2.63. The highest BCUT2D eigenvalue weighted by molar-refractivity contribution is 5.79. The molecule has 0 amide bonds. The van der Waals surface area contributed by atoms with Crippen molar-refractivity contribution in [2.24, 2.45) is 4.99 Å². The summed E-state index contributed by atoms with van der Waals surface area (Å²) < 4.78 is 18.7. The highest BCUT2D eigenvalue weighted by Gasteiger charge is 2.02. The first-order valence-corrected chi connectivity index (χ1v) is 8.62. The SMILES string of the molecule is CN=C(NCc1ccc(F)cc1)NCc1cccc(OCCN(C)C)c1. The van der Waals surface area contributed by atoms with Gasteiger partial charge in [-0.3, -0.25) is 4.99 Å². The fourth-order valence-corrected chi connectivity index (χ4v) is 2.29. The van der Waals surface area contributed by atoms with E-state index in [-0.39, 0.29) is 5.82 Å². The Morgan fingerprint density at radius 2 is 1.73 bits per heavy atom. The van der Waals surface area contributed by atoms with Crippen molar-refractivity contribution in [1.29, 1.82) is 0 Å². The molecule has 5 nitrogen and oxygen atoms in total. The molecule has 0 aliphatic rings. The number of halogens is 1. The molecule has 2 aromatic rings. The van der Waals surface area contributed by atoms with Gasteiger partial charge >= 0.3 is 0 Å². The van der Waals surface area contributed by atoms with Crippen LogP contribution in [0.3, 0.4) is 0 Å². The number of nitrogens with zero attached hydrogens (tertiary/aromatic N) is 2. The third-order valence-electron chi connectivity index (χ3n) is 3.76. The zero-order chi connectivity index (χ0) is 18.8. The number of aliphatic imine (C=N–C) groups is 1. The third kappa shape index (κ3) is 7.11. The van der Waals surface area contributed by atoms with Crippen molar-refractivity contribution in [3.05, 3.63) is 65.5 Å². The Morgan fingerprint density at radius 1 is 1.04 bits per heavy atom. The monoisotopic (exact) mass is 358 g/mol. The summed E-state index contributed by atoms with van der Waals surface area (Å²) in [5, 5.41) is 6.49. The van der Waals surface area contributed by atoms with Crippen molar-refractivity contribution < 1.29 is 9.13 Å². The fourth-order valence-electron chi connectivity index (χ4n) is 2.29. The van der Waals surface area contributed by atoms with Crippen LogP contribution in [0.25, 0.3) is 0 Å². The van der Waals surface area contributed by atoms with Gasteiger partial charge in [-0.1, -0.05) is 24.3 Å². The maximum Gasteiger partial charge on any atom is 0.191 e. The highest BCUT2D eigenvalue weighted by Crippen LogP contribution is 2.13. The Labute approximate surface area is 154 Å². The topological polar surface area (TPSA) is 48.9 Å². The van der Waals surface area contributed by atoms with E-state index in [1.165, 1.54) is 12.1 Å². The quantitative estimate of drug-likeness (QED) is 0.563. The summed E-state index contributed by atoms with van der Waals surface area (Å²) in [7, 11) is 5.77. The van der Waals surface area contributed by atoms with E-state index in [0.717, 1.165) is 23.4 Å². The molecule has 0 aliphatic carbocycles. The Bertz CT molecular complexity index is 701. The summed E-state index contributed by atoms with van der Waals surface area (Å²) in [5.74, 6) is 1.32. The molecule has 2 N–H and O–H groups in total. The van der Waals surface area contributed by atoms with Gasteiger partial charge in [-0.05, 0) is 49.5 Å². The van der Waals surface area contributed by atoms with Gasteiger partial charge in [-0.15, -0.1) is 0 Å². The molecule has 0 fully saturated rings. The molecule has 0 aromatic heterocycles. The second-order valence-corrected chi connectivity index (χ2v) is 6.20. The molecule has 0 aliphatic heterocycles. The Hall–Kier alpha value is -2.60. The van der Waals surface area contributed by atoms with E-state index < -0.39 is 0 Å². The number of ether oxygens (including phenoxy) is 1. The van der Waals surface area contributed by atoms with E-state index in [2.05, 4.69) is 20.5 Å². The fraction of sp³-hybridized carbons (Fsp3) is 0.350. The molecule has 0 saturated carbocycles. The average molecular weight is 358 g/mol. The van der Waals surface area contributed by atoms with Gasteiger partial charge in [0.15, 0.2) is 5.96 Å². The van der Waals surface area contributed by atoms with Crippen molar-refractivity contribution in [3.63, 3.8) is 0 Å². The van der Waals surface area contributed by atoms with Crippen LogP contribution in [0.5, 0.6) is 5.75 Å². The first-order valence-electron chi connectivity index (χ1n) is 8.62. The predicted molar refractivity (Wildman–Crippen MR) is 104 cm³/mol. The van der Waals surface area contributed by atoms with Crippen LogP contribution in [-0.2, 0) is 13.1 Å². The molecule has 0 heterocycles. The molecule has 2 aromatic carbocycles. The number of guanidine groups is 1. The van der Waals surface area contributed by atoms with Crippen LogP contribution in [0.4, 0.5) is 4.39 Å². The van der Waals surface area contributed by atoms with Crippen LogP contribution in [0.1, 0.15) is 11.1 Å². The molecule has 2 rings (SSSR count). The maximum atomic E-state index is 12.9. The minimum atomic E-state index is -0.232. The van der Waals surface area contributed by atoms with Gasteiger partial charge in [-0.2, -0.15) is 0 Å². The number of nitrogens with one attached hydrogen (secondary N) is 2. The second kappa shape index (κ2) is 10.4. The summed E-state index contributed by atoms with van der Waals surface area (Å²) in [6.07, 6.45) is 0. The van der Waals surface area contributed by atoms with Gasteiger partial charge in [0.2, 0.25) is 0 Å². The van der Waals surface area contributed by atoms with E-state index in [1.54, 1.807) is 19.2 Å². The highest BCUT2D eigenvalue weighted by atomic mass is 19.1. The summed E-state index contributed by atoms with van der Waals surface area (Å²) >= 11 is 0. The number of rotatable bonds is 8. The summed E-state index contributed by atoms with van der Waals surface area (Å²) in [6.45, 7) is 2.74. The zero-order valence-corrected chi connectivity index (χ0v) is 15.6. The van der Waals surface area contributed by atoms with Gasteiger partial charge in [0.25, 0.3) is 0 Å². The summed E-state index contributed by atoms with van der Waals surface area (Å²) in [6, 6.07) is 14.4. The van der Waals surface area contributed by atoms with Crippen LogP contribution >= 0.6 is 0 Å². The van der Waals surface area contributed by atoms with Gasteiger partial charge in [0, 0.05) is 26.7 Å². The predicted octanol–water partition coefficient (Wildman–Crippen LogP) is 2.63. The number of likely N-dealkylation sites (N-methyl/N-ethyl adjacent to an activating group) is 1. The second-order valence-electron chi connectivity index (χ2n) is 6.20. The van der Waals surface area contributed by atoms with Gasteiger partial charge in [0.05, 0.1) is 0 Å². The normalized spacial score (nSPS) is 11.5. The third-order valence-corrected chi connectivity index (χ3v) is 3.76. The number of hydrogen-bond acceptors (Lipinski definition) is 3. The van der Waals surface area contributed by atoms with Crippen LogP contribution in [0.2, 0.25) is 0 Å². The lowest BCUT2D eigenvalue weighted by molar-refractivity contribution is 0.261. The molecule has 0 saturated heterocycles. The lowest BCUT2D eigenvalue weighted by atomic mass is 10.2. The van der Waals surface area contributed by atoms with Gasteiger partial charge in [-0.25, -0.2) is 4.39 Å². The number of hydrogen-bond donors (Lipinski definition) is 2. The summed E-state index contributed by atoms with van der Waals surface area (Å²) in [5.41, 5.74) is 2.10. The maximum absolute atomic E-state index is 12.9. The lowest BCUT2D eigenvalue weighted by Gasteiger charge is -2.14.